The molecule has 7 nitrogen and oxygen atoms in total. The summed E-state index contributed by atoms with van der Waals surface area (Å²) in [7, 11) is 0. The Balaban J connectivity index is 1.69. The molecule has 0 spiro atoms. The molecule has 0 radical (unpaired) electrons. The number of carbonyl (C=O) groups excluding carboxylic acids is 1. The van der Waals surface area contributed by atoms with E-state index in [2.05, 4.69) is 20.3 Å². The van der Waals surface area contributed by atoms with Crippen molar-refractivity contribution in [2.45, 2.75) is 45.3 Å². The van der Waals surface area contributed by atoms with Crippen LogP contribution in [0.3, 0.4) is 0 Å². The third-order valence-corrected chi connectivity index (χ3v) is 4.02. The summed E-state index contributed by atoms with van der Waals surface area (Å²) in [4.78, 5) is 35.2. The van der Waals surface area contributed by atoms with E-state index in [1.165, 1.54) is 6.07 Å². The van der Waals surface area contributed by atoms with Gasteiger partial charge in [0.15, 0.2) is 0 Å². The van der Waals surface area contributed by atoms with Crippen LogP contribution < -0.4 is 10.9 Å². The molecule has 7 heteroatoms. The molecule has 2 aromatic heterocycles. The molecule has 1 aliphatic carbocycles. The number of hydrogen-bond acceptors (Lipinski definition) is 5. The maximum absolute atomic E-state index is 12.2. The number of pyridine rings is 1. The van der Waals surface area contributed by atoms with Crippen molar-refractivity contribution in [1.82, 2.24) is 20.3 Å². The summed E-state index contributed by atoms with van der Waals surface area (Å²) < 4.78 is 0. The predicted octanol–water partition coefficient (Wildman–Crippen LogP) is 1.33. The van der Waals surface area contributed by atoms with Crippen molar-refractivity contribution in [2.75, 3.05) is 0 Å². The van der Waals surface area contributed by atoms with Crippen molar-refractivity contribution in [3.05, 3.63) is 57.0 Å². The van der Waals surface area contributed by atoms with Crippen LogP contribution in [0.2, 0.25) is 0 Å². The van der Waals surface area contributed by atoms with Crippen molar-refractivity contribution in [2.24, 2.45) is 0 Å². The molecule has 2 aromatic rings. The number of amides is 1. The van der Waals surface area contributed by atoms with Crippen LogP contribution in [-0.2, 0) is 6.54 Å². The Morgan fingerprint density at radius 3 is 2.79 bits per heavy atom. The normalized spacial score (nSPS) is 15.1. The minimum Gasteiger partial charge on any atom is -0.389 e. The topological polar surface area (TPSA) is 108 Å². The predicted molar refractivity (Wildman–Crippen MR) is 87.6 cm³/mol. The second-order valence-corrected chi connectivity index (χ2v) is 6.13. The van der Waals surface area contributed by atoms with E-state index in [1.54, 1.807) is 19.1 Å². The number of aromatic nitrogens is 3. The molecule has 0 saturated heterocycles. The summed E-state index contributed by atoms with van der Waals surface area (Å²) in [6.45, 7) is 3.72. The van der Waals surface area contributed by atoms with Crippen LogP contribution in [0.1, 0.15) is 65.1 Å². The lowest BCUT2D eigenvalue weighted by molar-refractivity contribution is 0.0944. The number of rotatable bonds is 5. The van der Waals surface area contributed by atoms with Crippen molar-refractivity contribution >= 4 is 5.91 Å². The molecule has 0 bridgehead atoms. The molecule has 1 amide bonds. The minimum absolute atomic E-state index is 0.123. The van der Waals surface area contributed by atoms with Gasteiger partial charge < -0.3 is 15.4 Å². The van der Waals surface area contributed by atoms with Gasteiger partial charge in [-0.3, -0.25) is 14.6 Å². The van der Waals surface area contributed by atoms with Crippen molar-refractivity contribution in [3.63, 3.8) is 0 Å². The first-order valence-electron chi connectivity index (χ1n) is 7.98. The van der Waals surface area contributed by atoms with Gasteiger partial charge in [-0.25, -0.2) is 4.98 Å². The third-order valence-electron chi connectivity index (χ3n) is 4.02. The maximum atomic E-state index is 12.2. The molecule has 1 fully saturated rings. The Bertz CT molecular complexity index is 825. The zero-order valence-corrected chi connectivity index (χ0v) is 13.7. The number of aromatic amines is 1. The summed E-state index contributed by atoms with van der Waals surface area (Å²) in [5.74, 6) is 0.452. The standard InChI is InChI=1S/C17H20N4O3/c1-9-13(10(2)22)6-5-12(19-9)8-18-17(24)14-7-15(23)21-16(20-14)11-3-4-11/h5-7,10-11,22H,3-4,8H2,1-2H3,(H,18,24)(H,20,21,23). The summed E-state index contributed by atoms with van der Waals surface area (Å²) in [5, 5.41) is 12.3. The molecule has 0 aliphatic heterocycles. The molecule has 1 atom stereocenters. The van der Waals surface area contributed by atoms with Crippen molar-refractivity contribution < 1.29 is 9.90 Å². The first-order valence-corrected chi connectivity index (χ1v) is 7.98. The van der Waals surface area contributed by atoms with Crippen LogP contribution in [-0.4, -0.2) is 26.0 Å². The van der Waals surface area contributed by atoms with E-state index in [1.807, 2.05) is 6.92 Å². The smallest absolute Gasteiger partial charge is 0.270 e. The molecular formula is C17H20N4O3. The van der Waals surface area contributed by atoms with Crippen LogP contribution in [0.25, 0.3) is 0 Å². The highest BCUT2D eigenvalue weighted by Crippen LogP contribution is 2.37. The molecule has 1 aliphatic rings. The van der Waals surface area contributed by atoms with E-state index in [4.69, 9.17) is 0 Å². The second-order valence-electron chi connectivity index (χ2n) is 6.13. The summed E-state index contributed by atoms with van der Waals surface area (Å²) in [5.41, 5.74) is 1.97. The average molecular weight is 328 g/mol. The Labute approximate surface area is 139 Å². The Kier molecular flexibility index (Phi) is 4.44. The maximum Gasteiger partial charge on any atom is 0.270 e. The largest absolute Gasteiger partial charge is 0.389 e. The minimum atomic E-state index is -0.581. The Morgan fingerprint density at radius 2 is 2.17 bits per heavy atom. The van der Waals surface area contributed by atoms with Gasteiger partial charge in [0.2, 0.25) is 0 Å². The number of aryl methyl sites for hydroxylation is 1. The fraction of sp³-hybridized carbons (Fsp3) is 0.412. The molecule has 1 saturated carbocycles. The van der Waals surface area contributed by atoms with E-state index >= 15 is 0 Å². The Morgan fingerprint density at radius 1 is 1.42 bits per heavy atom. The van der Waals surface area contributed by atoms with Crippen LogP contribution in [0.5, 0.6) is 0 Å². The number of nitrogens with zero attached hydrogens (tertiary/aromatic N) is 2. The molecule has 3 rings (SSSR count). The summed E-state index contributed by atoms with van der Waals surface area (Å²) >= 11 is 0. The molecule has 2 heterocycles. The lowest BCUT2D eigenvalue weighted by atomic mass is 10.1. The number of aliphatic hydroxyl groups excluding tert-OH is 1. The summed E-state index contributed by atoms with van der Waals surface area (Å²) in [6, 6.07) is 4.76. The van der Waals surface area contributed by atoms with E-state index in [0.29, 0.717) is 11.5 Å². The number of carbonyl (C=O) groups is 1. The van der Waals surface area contributed by atoms with Crippen LogP contribution in [0.15, 0.2) is 23.0 Å². The second kappa shape index (κ2) is 6.52. The van der Waals surface area contributed by atoms with Gasteiger partial charge in [-0.15, -0.1) is 0 Å². The van der Waals surface area contributed by atoms with Gasteiger partial charge in [-0.2, -0.15) is 0 Å². The molecule has 126 valence electrons. The monoisotopic (exact) mass is 328 g/mol. The quantitative estimate of drug-likeness (QED) is 0.767. The van der Waals surface area contributed by atoms with Gasteiger partial charge in [0.05, 0.1) is 18.3 Å². The highest BCUT2D eigenvalue weighted by molar-refractivity contribution is 5.92. The van der Waals surface area contributed by atoms with Crippen LogP contribution >= 0.6 is 0 Å². The SMILES string of the molecule is Cc1nc(CNC(=O)c2cc(=O)[nH]c(C3CC3)n2)ccc1C(C)O. The lowest BCUT2D eigenvalue weighted by Crippen LogP contribution is -2.27. The van der Waals surface area contributed by atoms with Crippen LogP contribution in [0, 0.1) is 6.92 Å². The van der Waals surface area contributed by atoms with Gasteiger partial charge >= 0.3 is 0 Å². The first-order chi connectivity index (χ1) is 11.4. The lowest BCUT2D eigenvalue weighted by Gasteiger charge is -2.10. The van der Waals surface area contributed by atoms with Crippen molar-refractivity contribution in [1.29, 1.82) is 0 Å². The zero-order chi connectivity index (χ0) is 17.3. The molecule has 1 unspecified atom stereocenters. The number of hydrogen-bond donors (Lipinski definition) is 3. The fourth-order valence-corrected chi connectivity index (χ4v) is 2.57. The zero-order valence-electron chi connectivity index (χ0n) is 13.7. The highest BCUT2D eigenvalue weighted by Gasteiger charge is 2.27. The van der Waals surface area contributed by atoms with E-state index in [9.17, 15) is 14.7 Å². The molecule has 0 aromatic carbocycles. The number of H-pyrrole nitrogens is 1. The Hall–Kier alpha value is -2.54. The van der Waals surface area contributed by atoms with Gasteiger partial charge in [-0.1, -0.05) is 6.07 Å². The first kappa shape index (κ1) is 16.3. The molecule has 3 N–H and O–H groups in total. The summed E-state index contributed by atoms with van der Waals surface area (Å²) in [6.07, 6.45) is 1.40. The molecule has 24 heavy (non-hydrogen) atoms. The van der Waals surface area contributed by atoms with Crippen LogP contribution in [0.4, 0.5) is 0 Å². The average Bonchev–Trinajstić information content (AvgIpc) is 3.36. The van der Waals surface area contributed by atoms with E-state index in [0.717, 1.165) is 24.1 Å². The third kappa shape index (κ3) is 3.68. The number of nitrogens with one attached hydrogen (secondary N) is 2. The molecular weight excluding hydrogens is 308 g/mol. The van der Waals surface area contributed by atoms with Gasteiger partial charge in [0.25, 0.3) is 11.5 Å². The van der Waals surface area contributed by atoms with E-state index in [-0.39, 0.29) is 23.7 Å². The van der Waals surface area contributed by atoms with Gasteiger partial charge in [-0.05, 0) is 32.8 Å². The van der Waals surface area contributed by atoms with E-state index < -0.39 is 12.0 Å². The number of aliphatic hydroxyl groups is 1. The highest BCUT2D eigenvalue weighted by atomic mass is 16.3. The fourth-order valence-electron chi connectivity index (χ4n) is 2.57. The van der Waals surface area contributed by atoms with Gasteiger partial charge in [0, 0.05) is 23.2 Å². The van der Waals surface area contributed by atoms with Crippen molar-refractivity contribution in [3.8, 4) is 0 Å². The van der Waals surface area contributed by atoms with Gasteiger partial charge in [0.1, 0.15) is 11.5 Å².